The number of aryl methyl sites for hydroxylation is 2. The first kappa shape index (κ1) is 24.3. The molecule has 1 spiro atoms. The Morgan fingerprint density at radius 2 is 1.81 bits per heavy atom. The van der Waals surface area contributed by atoms with Crippen molar-refractivity contribution in [3.63, 3.8) is 0 Å². The zero-order valence-electron chi connectivity index (χ0n) is 18.1. The van der Waals surface area contributed by atoms with Crippen molar-refractivity contribution in [1.29, 1.82) is 0 Å². The first-order valence-corrected chi connectivity index (χ1v) is 11.2. The van der Waals surface area contributed by atoms with Crippen molar-refractivity contribution in [3.05, 3.63) is 57.3 Å². The normalized spacial score (nSPS) is 21.2. The molecule has 9 heteroatoms. The van der Waals surface area contributed by atoms with E-state index in [9.17, 15) is 18.0 Å². The molecule has 1 aromatic heterocycles. The molecule has 0 radical (unpaired) electrons. The van der Waals surface area contributed by atoms with Crippen molar-refractivity contribution in [2.24, 2.45) is 5.41 Å². The summed E-state index contributed by atoms with van der Waals surface area (Å²) in [5, 5.41) is 7.12. The molecule has 1 N–H and O–H groups in total. The summed E-state index contributed by atoms with van der Waals surface area (Å²) in [4.78, 5) is 29.3. The number of thiophene rings is 1. The highest BCUT2D eigenvalue weighted by Crippen LogP contribution is 2.41. The predicted molar refractivity (Wildman–Crippen MR) is 116 cm³/mol. The van der Waals surface area contributed by atoms with Gasteiger partial charge in [0.05, 0.1) is 5.41 Å². The summed E-state index contributed by atoms with van der Waals surface area (Å²) in [5.74, 6) is -2.38. The molecule has 1 unspecified atom stereocenters. The van der Waals surface area contributed by atoms with Crippen LogP contribution in [0.5, 0.6) is 0 Å². The van der Waals surface area contributed by atoms with Crippen LogP contribution in [-0.2, 0) is 22.7 Å². The standard InChI is InChI=1S/C21H26N2OS.C2HF3O2/c1-16-4-3-5-18(12-16)13-23-11-9-21(20(23)24)8-10-22(15-21)14-19-7-6-17(2)25-19;3-2(4,5)1(6)7/h3-7,12H,8-11,13-15H2,1-2H3;(H,6,7). The number of rotatable bonds is 4. The second-order valence-corrected chi connectivity index (χ2v) is 9.89. The molecule has 32 heavy (non-hydrogen) atoms. The van der Waals surface area contributed by atoms with Crippen molar-refractivity contribution >= 4 is 23.2 Å². The number of hydrogen-bond acceptors (Lipinski definition) is 4. The highest BCUT2D eigenvalue weighted by molar-refractivity contribution is 7.11. The molecule has 3 heterocycles. The van der Waals surface area contributed by atoms with Gasteiger partial charge < -0.3 is 10.0 Å². The summed E-state index contributed by atoms with van der Waals surface area (Å²) in [6.45, 7) is 8.88. The van der Waals surface area contributed by atoms with Crippen LogP contribution < -0.4 is 0 Å². The van der Waals surface area contributed by atoms with Crippen LogP contribution >= 0.6 is 11.3 Å². The van der Waals surface area contributed by atoms with Crippen LogP contribution in [0.2, 0.25) is 0 Å². The van der Waals surface area contributed by atoms with E-state index in [-0.39, 0.29) is 5.41 Å². The van der Waals surface area contributed by atoms with Crippen molar-refractivity contribution in [3.8, 4) is 0 Å². The highest BCUT2D eigenvalue weighted by Gasteiger charge is 2.50. The minimum absolute atomic E-state index is 0.129. The molecule has 5 nitrogen and oxygen atoms in total. The van der Waals surface area contributed by atoms with Gasteiger partial charge in [-0.3, -0.25) is 9.69 Å². The number of aliphatic carboxylic acids is 1. The van der Waals surface area contributed by atoms with E-state index >= 15 is 0 Å². The maximum Gasteiger partial charge on any atom is 0.490 e. The van der Waals surface area contributed by atoms with Gasteiger partial charge in [-0.15, -0.1) is 11.3 Å². The Morgan fingerprint density at radius 1 is 1.12 bits per heavy atom. The second-order valence-electron chi connectivity index (χ2n) is 8.52. The number of benzene rings is 1. The zero-order valence-corrected chi connectivity index (χ0v) is 18.9. The Morgan fingerprint density at radius 3 is 2.41 bits per heavy atom. The van der Waals surface area contributed by atoms with Gasteiger partial charge in [0.15, 0.2) is 0 Å². The van der Waals surface area contributed by atoms with Gasteiger partial charge in [0.1, 0.15) is 0 Å². The van der Waals surface area contributed by atoms with Crippen LogP contribution in [0.15, 0.2) is 36.4 Å². The summed E-state index contributed by atoms with van der Waals surface area (Å²) in [6.07, 6.45) is -3.06. The summed E-state index contributed by atoms with van der Waals surface area (Å²) in [6, 6.07) is 12.9. The Kier molecular flexibility index (Phi) is 7.29. The summed E-state index contributed by atoms with van der Waals surface area (Å²) >= 11 is 1.87. The van der Waals surface area contributed by atoms with Gasteiger partial charge in [0, 0.05) is 35.9 Å². The average molecular weight is 469 g/mol. The molecule has 2 aromatic rings. The lowest BCUT2D eigenvalue weighted by Crippen LogP contribution is -2.36. The van der Waals surface area contributed by atoms with Crippen LogP contribution in [0.3, 0.4) is 0 Å². The van der Waals surface area contributed by atoms with Crippen molar-refractivity contribution in [2.75, 3.05) is 19.6 Å². The Labute approximate surface area is 189 Å². The van der Waals surface area contributed by atoms with Crippen LogP contribution in [-0.4, -0.2) is 52.6 Å². The maximum absolute atomic E-state index is 13.1. The van der Waals surface area contributed by atoms with Crippen molar-refractivity contribution < 1.29 is 27.9 Å². The third-order valence-corrected chi connectivity index (χ3v) is 6.89. The molecule has 2 aliphatic rings. The molecule has 1 amide bonds. The SMILES string of the molecule is Cc1cccc(CN2CCC3(CCN(Cc4ccc(C)s4)C3)C2=O)c1.O=C(O)C(F)(F)F. The fourth-order valence-corrected chi connectivity index (χ4v) is 5.27. The Bertz CT molecular complexity index is 975. The fourth-order valence-electron chi connectivity index (χ4n) is 4.34. The number of hydrogen-bond donors (Lipinski definition) is 1. The van der Waals surface area contributed by atoms with Crippen LogP contribution in [0.1, 0.15) is 33.7 Å². The van der Waals surface area contributed by atoms with E-state index in [2.05, 4.69) is 60.0 Å². The number of carbonyl (C=O) groups excluding carboxylic acids is 1. The topological polar surface area (TPSA) is 60.9 Å². The number of amides is 1. The monoisotopic (exact) mass is 468 g/mol. The number of nitrogens with zero attached hydrogens (tertiary/aromatic N) is 2. The van der Waals surface area contributed by atoms with Gasteiger partial charge in [-0.25, -0.2) is 4.79 Å². The third-order valence-electron chi connectivity index (χ3n) is 5.91. The molecule has 4 rings (SSSR count). The third kappa shape index (κ3) is 5.89. The van der Waals surface area contributed by atoms with Gasteiger partial charge in [0.25, 0.3) is 0 Å². The summed E-state index contributed by atoms with van der Waals surface area (Å²) in [7, 11) is 0. The van der Waals surface area contributed by atoms with Crippen molar-refractivity contribution in [1.82, 2.24) is 9.80 Å². The first-order valence-electron chi connectivity index (χ1n) is 10.4. The Hall–Kier alpha value is -2.39. The van der Waals surface area contributed by atoms with E-state index in [1.54, 1.807) is 0 Å². The fraction of sp³-hybridized carbons (Fsp3) is 0.478. The smallest absolute Gasteiger partial charge is 0.475 e. The molecule has 2 aliphatic heterocycles. The molecular formula is C23H27F3N2O3S. The first-order chi connectivity index (χ1) is 15.0. The molecule has 2 fully saturated rings. The van der Waals surface area contributed by atoms with Crippen LogP contribution in [0.4, 0.5) is 13.2 Å². The van der Waals surface area contributed by atoms with Gasteiger partial charge in [-0.1, -0.05) is 29.8 Å². The molecule has 174 valence electrons. The number of alkyl halides is 3. The van der Waals surface area contributed by atoms with Gasteiger partial charge >= 0.3 is 12.1 Å². The number of halogens is 3. The van der Waals surface area contributed by atoms with E-state index in [0.29, 0.717) is 5.91 Å². The quantitative estimate of drug-likeness (QED) is 0.711. The molecule has 1 atom stereocenters. The predicted octanol–water partition coefficient (Wildman–Crippen LogP) is 4.62. The van der Waals surface area contributed by atoms with Gasteiger partial charge in [-0.2, -0.15) is 13.2 Å². The maximum atomic E-state index is 13.1. The molecule has 1 aromatic carbocycles. The summed E-state index contributed by atoms with van der Waals surface area (Å²) in [5.41, 5.74) is 2.38. The van der Waals surface area contributed by atoms with E-state index in [0.717, 1.165) is 45.6 Å². The number of carbonyl (C=O) groups is 2. The lowest BCUT2D eigenvalue weighted by atomic mass is 9.85. The van der Waals surface area contributed by atoms with E-state index in [1.165, 1.54) is 20.9 Å². The van der Waals surface area contributed by atoms with E-state index in [4.69, 9.17) is 9.90 Å². The summed E-state index contributed by atoms with van der Waals surface area (Å²) < 4.78 is 31.7. The number of carboxylic acid groups (broad SMARTS) is 1. The average Bonchev–Trinajstić information content (AvgIpc) is 3.38. The van der Waals surface area contributed by atoms with Crippen LogP contribution in [0, 0.1) is 19.3 Å². The number of carboxylic acids is 1. The van der Waals surface area contributed by atoms with E-state index < -0.39 is 12.1 Å². The van der Waals surface area contributed by atoms with E-state index in [1.807, 2.05) is 11.3 Å². The second kappa shape index (κ2) is 9.62. The Balaban J connectivity index is 0.000000360. The lowest BCUT2D eigenvalue weighted by Gasteiger charge is -2.23. The highest BCUT2D eigenvalue weighted by atomic mass is 32.1. The molecular weight excluding hydrogens is 441 g/mol. The largest absolute Gasteiger partial charge is 0.490 e. The zero-order chi connectivity index (χ0) is 23.5. The molecule has 2 saturated heterocycles. The lowest BCUT2D eigenvalue weighted by molar-refractivity contribution is -0.192. The minimum atomic E-state index is -5.08. The van der Waals surface area contributed by atoms with Crippen molar-refractivity contribution in [2.45, 2.75) is 46.0 Å². The molecule has 0 aliphatic carbocycles. The number of likely N-dealkylation sites (tertiary alicyclic amines) is 2. The van der Waals surface area contributed by atoms with Gasteiger partial charge in [0.2, 0.25) is 5.91 Å². The molecule has 0 bridgehead atoms. The van der Waals surface area contributed by atoms with Gasteiger partial charge in [-0.05, 0) is 50.9 Å². The van der Waals surface area contributed by atoms with Crippen LogP contribution in [0.25, 0.3) is 0 Å². The molecule has 0 saturated carbocycles. The minimum Gasteiger partial charge on any atom is -0.475 e.